The molecule has 0 aliphatic rings. The number of benzene rings is 2. The molecular weight excluding hydrogens is 372 g/mol. The summed E-state index contributed by atoms with van der Waals surface area (Å²) in [5, 5.41) is 0. The van der Waals surface area contributed by atoms with E-state index in [4.69, 9.17) is 4.74 Å². The number of hydrogen-bond acceptors (Lipinski definition) is 2. The maximum absolute atomic E-state index is 13.3. The van der Waals surface area contributed by atoms with Crippen molar-refractivity contribution in [3.8, 4) is 0 Å². The fourth-order valence-corrected chi connectivity index (χ4v) is 3.63. The lowest BCUT2D eigenvalue weighted by molar-refractivity contribution is 0.0720. The molecule has 2 aromatic carbocycles. The maximum atomic E-state index is 13.3. The Bertz CT molecular complexity index is 944. The standard InChI is InChI=1S/C26H32N2O2/c1-4-22-12-14-23(15-13-22)26(29)28(17-8-18-30-3)20-25-11-7-16-27(25)19-24-10-6-5-9-21(24)2/h5-7,9-16H,4,8,17-20H2,1-3H3. The molecule has 0 unspecified atom stereocenters. The molecule has 0 aliphatic heterocycles. The van der Waals surface area contributed by atoms with Gasteiger partial charge in [-0.05, 0) is 60.7 Å². The maximum Gasteiger partial charge on any atom is 0.254 e. The van der Waals surface area contributed by atoms with E-state index in [0.717, 1.165) is 30.6 Å². The number of rotatable bonds is 10. The van der Waals surface area contributed by atoms with E-state index in [1.54, 1.807) is 7.11 Å². The van der Waals surface area contributed by atoms with Crippen molar-refractivity contribution in [1.29, 1.82) is 0 Å². The number of carbonyl (C=O) groups excluding carboxylic acids is 1. The molecule has 0 N–H and O–H groups in total. The second kappa shape index (κ2) is 10.8. The van der Waals surface area contributed by atoms with Gasteiger partial charge in [0.05, 0.1) is 6.54 Å². The fraction of sp³-hybridized carbons (Fsp3) is 0.346. The van der Waals surface area contributed by atoms with Crippen molar-refractivity contribution in [3.05, 3.63) is 94.8 Å². The van der Waals surface area contributed by atoms with Gasteiger partial charge in [0.15, 0.2) is 0 Å². The first-order valence-electron chi connectivity index (χ1n) is 10.7. The second-order valence-corrected chi connectivity index (χ2v) is 7.68. The lowest BCUT2D eigenvalue weighted by Gasteiger charge is -2.24. The number of aromatic nitrogens is 1. The summed E-state index contributed by atoms with van der Waals surface area (Å²) in [4.78, 5) is 15.2. The molecule has 4 nitrogen and oxygen atoms in total. The highest BCUT2D eigenvalue weighted by molar-refractivity contribution is 5.94. The Morgan fingerprint density at radius 3 is 2.50 bits per heavy atom. The Balaban J connectivity index is 1.79. The molecule has 0 bridgehead atoms. The van der Waals surface area contributed by atoms with E-state index in [2.05, 4.69) is 61.0 Å². The Hall–Kier alpha value is -2.85. The molecule has 0 fully saturated rings. The van der Waals surface area contributed by atoms with Crippen molar-refractivity contribution in [3.63, 3.8) is 0 Å². The van der Waals surface area contributed by atoms with Crippen LogP contribution in [0.5, 0.6) is 0 Å². The third-order valence-corrected chi connectivity index (χ3v) is 5.55. The van der Waals surface area contributed by atoms with Crippen LogP contribution in [0.2, 0.25) is 0 Å². The Morgan fingerprint density at radius 1 is 1.03 bits per heavy atom. The van der Waals surface area contributed by atoms with Crippen LogP contribution in [0.4, 0.5) is 0 Å². The van der Waals surface area contributed by atoms with Gasteiger partial charge in [0, 0.05) is 44.3 Å². The van der Waals surface area contributed by atoms with Crippen LogP contribution in [0, 0.1) is 6.92 Å². The van der Waals surface area contributed by atoms with Gasteiger partial charge in [0.1, 0.15) is 0 Å². The normalized spacial score (nSPS) is 10.9. The molecule has 1 aromatic heterocycles. The van der Waals surface area contributed by atoms with Gasteiger partial charge in [0.25, 0.3) is 5.91 Å². The first kappa shape index (κ1) is 21.8. The van der Waals surface area contributed by atoms with Crippen LogP contribution in [0.15, 0.2) is 66.9 Å². The third-order valence-electron chi connectivity index (χ3n) is 5.55. The van der Waals surface area contributed by atoms with E-state index in [1.165, 1.54) is 16.7 Å². The van der Waals surface area contributed by atoms with E-state index in [9.17, 15) is 4.79 Å². The van der Waals surface area contributed by atoms with Gasteiger partial charge in [-0.3, -0.25) is 4.79 Å². The number of aryl methyl sites for hydroxylation is 2. The van der Waals surface area contributed by atoms with Crippen LogP contribution in [-0.4, -0.2) is 35.6 Å². The summed E-state index contributed by atoms with van der Waals surface area (Å²) < 4.78 is 7.45. The molecule has 0 saturated carbocycles. The number of hydrogen-bond donors (Lipinski definition) is 0. The first-order chi connectivity index (χ1) is 14.6. The molecule has 30 heavy (non-hydrogen) atoms. The second-order valence-electron chi connectivity index (χ2n) is 7.68. The molecule has 1 amide bonds. The highest BCUT2D eigenvalue weighted by atomic mass is 16.5. The number of ether oxygens (including phenoxy) is 1. The molecule has 4 heteroatoms. The van der Waals surface area contributed by atoms with Crippen molar-refractivity contribution in [2.45, 2.75) is 39.8 Å². The van der Waals surface area contributed by atoms with Gasteiger partial charge in [-0.1, -0.05) is 43.3 Å². The molecular formula is C26H32N2O2. The number of carbonyl (C=O) groups is 1. The quantitative estimate of drug-likeness (QED) is 0.441. The predicted molar refractivity (Wildman–Crippen MR) is 122 cm³/mol. The van der Waals surface area contributed by atoms with E-state index < -0.39 is 0 Å². The van der Waals surface area contributed by atoms with Crippen molar-refractivity contribution in [2.75, 3.05) is 20.3 Å². The third kappa shape index (κ3) is 5.61. The molecule has 0 aliphatic carbocycles. The summed E-state index contributed by atoms with van der Waals surface area (Å²) in [6.07, 6.45) is 3.88. The number of nitrogens with zero attached hydrogens (tertiary/aromatic N) is 2. The molecule has 1 heterocycles. The molecule has 3 rings (SSSR count). The lowest BCUT2D eigenvalue weighted by atomic mass is 10.1. The fourth-order valence-electron chi connectivity index (χ4n) is 3.63. The van der Waals surface area contributed by atoms with E-state index in [0.29, 0.717) is 19.7 Å². The van der Waals surface area contributed by atoms with Crippen LogP contribution < -0.4 is 0 Å². The van der Waals surface area contributed by atoms with Crippen LogP contribution in [0.25, 0.3) is 0 Å². The molecule has 0 radical (unpaired) electrons. The SMILES string of the molecule is CCc1ccc(C(=O)N(CCCOC)Cc2cccn2Cc2ccccc2C)cc1. The van der Waals surface area contributed by atoms with E-state index >= 15 is 0 Å². The molecule has 0 saturated heterocycles. The molecule has 3 aromatic rings. The zero-order valence-corrected chi connectivity index (χ0v) is 18.3. The van der Waals surface area contributed by atoms with Crippen molar-refractivity contribution in [1.82, 2.24) is 9.47 Å². The van der Waals surface area contributed by atoms with Gasteiger partial charge >= 0.3 is 0 Å². The monoisotopic (exact) mass is 404 g/mol. The summed E-state index contributed by atoms with van der Waals surface area (Å²) in [7, 11) is 1.70. The average Bonchev–Trinajstić information content (AvgIpc) is 3.21. The highest BCUT2D eigenvalue weighted by Crippen LogP contribution is 2.16. The topological polar surface area (TPSA) is 34.5 Å². The summed E-state index contributed by atoms with van der Waals surface area (Å²) in [6, 6.07) is 20.6. The number of amides is 1. The van der Waals surface area contributed by atoms with Gasteiger partial charge < -0.3 is 14.2 Å². The summed E-state index contributed by atoms with van der Waals surface area (Å²) >= 11 is 0. The van der Waals surface area contributed by atoms with Crippen molar-refractivity contribution in [2.24, 2.45) is 0 Å². The minimum atomic E-state index is 0.0670. The van der Waals surface area contributed by atoms with E-state index in [1.807, 2.05) is 29.2 Å². The highest BCUT2D eigenvalue weighted by Gasteiger charge is 2.17. The van der Waals surface area contributed by atoms with Gasteiger partial charge in [-0.15, -0.1) is 0 Å². The Kier molecular flexibility index (Phi) is 7.86. The molecule has 0 spiro atoms. The van der Waals surface area contributed by atoms with Gasteiger partial charge in [0.2, 0.25) is 0 Å². The Morgan fingerprint density at radius 2 is 1.80 bits per heavy atom. The van der Waals surface area contributed by atoms with Crippen LogP contribution in [-0.2, 0) is 24.2 Å². The van der Waals surface area contributed by atoms with Crippen molar-refractivity contribution >= 4 is 5.91 Å². The van der Waals surface area contributed by atoms with Crippen LogP contribution in [0.1, 0.15) is 46.1 Å². The van der Waals surface area contributed by atoms with Gasteiger partial charge in [-0.25, -0.2) is 0 Å². The number of methoxy groups -OCH3 is 1. The smallest absolute Gasteiger partial charge is 0.254 e. The van der Waals surface area contributed by atoms with Crippen LogP contribution in [0.3, 0.4) is 0 Å². The lowest BCUT2D eigenvalue weighted by Crippen LogP contribution is -2.33. The Labute approximate surface area is 180 Å². The largest absolute Gasteiger partial charge is 0.385 e. The van der Waals surface area contributed by atoms with E-state index in [-0.39, 0.29) is 5.91 Å². The van der Waals surface area contributed by atoms with Crippen LogP contribution >= 0.6 is 0 Å². The minimum Gasteiger partial charge on any atom is -0.385 e. The minimum absolute atomic E-state index is 0.0670. The molecule has 0 atom stereocenters. The predicted octanol–water partition coefficient (Wildman–Crippen LogP) is 5.09. The molecule has 158 valence electrons. The average molecular weight is 405 g/mol. The summed E-state index contributed by atoms with van der Waals surface area (Å²) in [6.45, 7) is 6.95. The summed E-state index contributed by atoms with van der Waals surface area (Å²) in [5.74, 6) is 0.0670. The van der Waals surface area contributed by atoms with Crippen molar-refractivity contribution < 1.29 is 9.53 Å². The first-order valence-corrected chi connectivity index (χ1v) is 10.7. The zero-order valence-electron chi connectivity index (χ0n) is 18.3. The zero-order chi connectivity index (χ0) is 21.3. The summed E-state index contributed by atoms with van der Waals surface area (Å²) in [5.41, 5.74) is 5.68. The van der Waals surface area contributed by atoms with Gasteiger partial charge in [-0.2, -0.15) is 0 Å².